The van der Waals surface area contributed by atoms with Gasteiger partial charge in [0, 0.05) is 30.9 Å². The Morgan fingerprint density at radius 3 is 2.81 bits per heavy atom. The van der Waals surface area contributed by atoms with Gasteiger partial charge in [0.1, 0.15) is 5.82 Å². The summed E-state index contributed by atoms with van der Waals surface area (Å²) in [6, 6.07) is 8.01. The molecule has 4 heteroatoms. The van der Waals surface area contributed by atoms with E-state index in [0.717, 1.165) is 28.5 Å². The minimum Gasteiger partial charge on any atom is -0.365 e. The predicted octanol–water partition coefficient (Wildman–Crippen LogP) is 2.99. The first-order valence-electron chi connectivity index (χ1n) is 5.14. The molecule has 0 amide bonds. The first-order chi connectivity index (χ1) is 7.65. The SMILES string of the molecule is Cc1ccc(CNc2ccn(C)n2)cc1Cl. The molecule has 2 aromatic rings. The van der Waals surface area contributed by atoms with Gasteiger partial charge in [0.25, 0.3) is 0 Å². The zero-order chi connectivity index (χ0) is 11.5. The topological polar surface area (TPSA) is 29.9 Å². The van der Waals surface area contributed by atoms with Crippen LogP contribution in [0.15, 0.2) is 30.5 Å². The van der Waals surface area contributed by atoms with Crippen LogP contribution in [0.3, 0.4) is 0 Å². The molecule has 0 aliphatic heterocycles. The van der Waals surface area contributed by atoms with E-state index in [0.29, 0.717) is 0 Å². The molecule has 0 fully saturated rings. The summed E-state index contributed by atoms with van der Waals surface area (Å²) in [5, 5.41) is 8.28. The molecule has 1 N–H and O–H groups in total. The molecule has 0 unspecified atom stereocenters. The maximum absolute atomic E-state index is 6.05. The van der Waals surface area contributed by atoms with Crippen molar-refractivity contribution in [2.75, 3.05) is 5.32 Å². The highest BCUT2D eigenvalue weighted by Crippen LogP contribution is 2.17. The zero-order valence-electron chi connectivity index (χ0n) is 9.37. The van der Waals surface area contributed by atoms with Crippen LogP contribution in [-0.2, 0) is 13.6 Å². The molecule has 1 aromatic carbocycles. The van der Waals surface area contributed by atoms with Gasteiger partial charge in [0.2, 0.25) is 0 Å². The molecule has 2 rings (SSSR count). The molecule has 84 valence electrons. The molecule has 0 atom stereocenters. The van der Waals surface area contributed by atoms with E-state index >= 15 is 0 Å². The molecule has 0 aliphatic rings. The molecule has 0 saturated carbocycles. The number of aryl methyl sites for hydroxylation is 2. The number of hydrogen-bond acceptors (Lipinski definition) is 2. The number of nitrogens with zero attached hydrogens (tertiary/aromatic N) is 2. The van der Waals surface area contributed by atoms with Crippen LogP contribution >= 0.6 is 11.6 Å². The molecule has 0 spiro atoms. The Labute approximate surface area is 100 Å². The van der Waals surface area contributed by atoms with Crippen LogP contribution in [0.1, 0.15) is 11.1 Å². The van der Waals surface area contributed by atoms with Gasteiger partial charge in [-0.15, -0.1) is 0 Å². The standard InChI is InChI=1S/C12H14ClN3/c1-9-3-4-10(7-11(9)13)8-14-12-5-6-16(2)15-12/h3-7H,8H2,1-2H3,(H,14,15). The number of anilines is 1. The van der Waals surface area contributed by atoms with Crippen LogP contribution in [0.4, 0.5) is 5.82 Å². The maximum Gasteiger partial charge on any atom is 0.148 e. The van der Waals surface area contributed by atoms with Crippen LogP contribution in [-0.4, -0.2) is 9.78 Å². The van der Waals surface area contributed by atoms with Gasteiger partial charge in [-0.2, -0.15) is 5.10 Å². The van der Waals surface area contributed by atoms with Crippen LogP contribution < -0.4 is 5.32 Å². The Morgan fingerprint density at radius 1 is 1.38 bits per heavy atom. The highest BCUT2D eigenvalue weighted by atomic mass is 35.5. The summed E-state index contributed by atoms with van der Waals surface area (Å²) in [5.74, 6) is 0.874. The fourth-order valence-electron chi connectivity index (χ4n) is 1.45. The number of nitrogens with one attached hydrogen (secondary N) is 1. The number of benzene rings is 1. The summed E-state index contributed by atoms with van der Waals surface area (Å²) in [6.07, 6.45) is 1.91. The minimum atomic E-state index is 0.733. The van der Waals surface area contributed by atoms with Gasteiger partial charge >= 0.3 is 0 Å². The second kappa shape index (κ2) is 4.58. The van der Waals surface area contributed by atoms with E-state index in [9.17, 15) is 0 Å². The fraction of sp³-hybridized carbons (Fsp3) is 0.250. The normalized spacial score (nSPS) is 10.4. The van der Waals surface area contributed by atoms with Crippen molar-refractivity contribution in [2.24, 2.45) is 7.05 Å². The quantitative estimate of drug-likeness (QED) is 0.887. The molecular formula is C12H14ClN3. The average Bonchev–Trinajstić information content (AvgIpc) is 2.66. The van der Waals surface area contributed by atoms with Gasteiger partial charge < -0.3 is 5.32 Å². The van der Waals surface area contributed by atoms with Gasteiger partial charge in [-0.25, -0.2) is 0 Å². The zero-order valence-corrected chi connectivity index (χ0v) is 10.1. The molecule has 3 nitrogen and oxygen atoms in total. The van der Waals surface area contributed by atoms with Gasteiger partial charge in [0.15, 0.2) is 0 Å². The van der Waals surface area contributed by atoms with Crippen molar-refractivity contribution in [1.29, 1.82) is 0 Å². The van der Waals surface area contributed by atoms with E-state index in [1.54, 1.807) is 4.68 Å². The van der Waals surface area contributed by atoms with Crippen molar-refractivity contribution >= 4 is 17.4 Å². The van der Waals surface area contributed by atoms with Crippen molar-refractivity contribution < 1.29 is 0 Å². The van der Waals surface area contributed by atoms with E-state index in [-0.39, 0.29) is 0 Å². The summed E-state index contributed by atoms with van der Waals surface area (Å²) in [5.41, 5.74) is 2.25. The molecule has 0 saturated heterocycles. The summed E-state index contributed by atoms with van der Waals surface area (Å²) >= 11 is 6.05. The molecule has 1 heterocycles. The molecule has 1 aromatic heterocycles. The Balaban J connectivity index is 2.02. The lowest BCUT2D eigenvalue weighted by Gasteiger charge is -2.05. The van der Waals surface area contributed by atoms with Gasteiger partial charge in [-0.1, -0.05) is 23.7 Å². The Morgan fingerprint density at radius 2 is 2.19 bits per heavy atom. The first-order valence-corrected chi connectivity index (χ1v) is 5.51. The number of aromatic nitrogens is 2. The smallest absolute Gasteiger partial charge is 0.148 e. The second-order valence-electron chi connectivity index (χ2n) is 3.81. The molecule has 0 aliphatic carbocycles. The number of rotatable bonds is 3. The van der Waals surface area contributed by atoms with Gasteiger partial charge in [0.05, 0.1) is 0 Å². The average molecular weight is 236 g/mol. The third-order valence-electron chi connectivity index (χ3n) is 2.42. The van der Waals surface area contributed by atoms with Gasteiger partial charge in [-0.05, 0) is 24.1 Å². The Kier molecular flexibility index (Phi) is 3.15. The number of halogens is 1. The third-order valence-corrected chi connectivity index (χ3v) is 2.83. The van der Waals surface area contributed by atoms with Crippen molar-refractivity contribution in [1.82, 2.24) is 9.78 Å². The summed E-state index contributed by atoms with van der Waals surface area (Å²) in [6.45, 7) is 2.73. The van der Waals surface area contributed by atoms with E-state index < -0.39 is 0 Å². The van der Waals surface area contributed by atoms with Crippen molar-refractivity contribution in [3.8, 4) is 0 Å². The van der Waals surface area contributed by atoms with Crippen LogP contribution in [0.5, 0.6) is 0 Å². The van der Waals surface area contributed by atoms with Crippen molar-refractivity contribution in [3.05, 3.63) is 46.6 Å². The molecule has 16 heavy (non-hydrogen) atoms. The van der Waals surface area contributed by atoms with E-state index in [2.05, 4.69) is 16.5 Å². The predicted molar refractivity (Wildman–Crippen MR) is 66.7 cm³/mol. The summed E-state index contributed by atoms with van der Waals surface area (Å²) < 4.78 is 1.77. The Hall–Kier alpha value is -1.48. The fourth-order valence-corrected chi connectivity index (χ4v) is 1.65. The number of hydrogen-bond donors (Lipinski definition) is 1. The minimum absolute atomic E-state index is 0.733. The lowest BCUT2D eigenvalue weighted by atomic mass is 10.1. The largest absolute Gasteiger partial charge is 0.365 e. The highest BCUT2D eigenvalue weighted by molar-refractivity contribution is 6.31. The van der Waals surface area contributed by atoms with E-state index in [1.165, 1.54) is 0 Å². The van der Waals surface area contributed by atoms with E-state index in [4.69, 9.17) is 11.6 Å². The maximum atomic E-state index is 6.05. The monoisotopic (exact) mass is 235 g/mol. The molecule has 0 bridgehead atoms. The van der Waals surface area contributed by atoms with Crippen molar-refractivity contribution in [3.63, 3.8) is 0 Å². The highest BCUT2D eigenvalue weighted by Gasteiger charge is 1.99. The summed E-state index contributed by atoms with van der Waals surface area (Å²) in [4.78, 5) is 0. The lowest BCUT2D eigenvalue weighted by Crippen LogP contribution is -2.01. The summed E-state index contributed by atoms with van der Waals surface area (Å²) in [7, 11) is 1.90. The lowest BCUT2D eigenvalue weighted by molar-refractivity contribution is 0.768. The van der Waals surface area contributed by atoms with Crippen LogP contribution in [0.25, 0.3) is 0 Å². The Bertz CT molecular complexity index is 491. The van der Waals surface area contributed by atoms with Crippen LogP contribution in [0.2, 0.25) is 5.02 Å². The molecular weight excluding hydrogens is 222 g/mol. The van der Waals surface area contributed by atoms with Crippen LogP contribution in [0, 0.1) is 6.92 Å². The van der Waals surface area contributed by atoms with Crippen molar-refractivity contribution in [2.45, 2.75) is 13.5 Å². The first kappa shape index (κ1) is 11.0. The van der Waals surface area contributed by atoms with E-state index in [1.807, 2.05) is 38.4 Å². The third kappa shape index (κ3) is 2.55. The second-order valence-corrected chi connectivity index (χ2v) is 4.22. The molecule has 0 radical (unpaired) electrons. The van der Waals surface area contributed by atoms with Gasteiger partial charge in [-0.3, -0.25) is 4.68 Å².